The second-order valence-corrected chi connectivity index (χ2v) is 11.2. The lowest BCUT2D eigenvalue weighted by Gasteiger charge is -2.32. The summed E-state index contributed by atoms with van der Waals surface area (Å²) in [5, 5.41) is 18.6. The molecule has 2 aromatic rings. The van der Waals surface area contributed by atoms with Crippen molar-refractivity contribution < 1.29 is 24.3 Å². The van der Waals surface area contributed by atoms with Crippen LogP contribution in [0.2, 0.25) is 10.0 Å². The number of rotatable bonds is 9. The topological polar surface area (TPSA) is 116 Å². The van der Waals surface area contributed by atoms with Crippen LogP contribution < -0.4 is 10.6 Å². The summed E-state index contributed by atoms with van der Waals surface area (Å²) >= 11 is 14.3. The molecule has 3 amide bonds. The molecule has 1 saturated carbocycles. The van der Waals surface area contributed by atoms with Crippen LogP contribution in [0.5, 0.6) is 0 Å². The van der Waals surface area contributed by atoms with Crippen LogP contribution in [0.4, 0.5) is 0 Å². The number of nitrogens with zero attached hydrogens (tertiary/aromatic N) is 1. The van der Waals surface area contributed by atoms with Gasteiger partial charge in [0, 0.05) is 37.7 Å². The number of halogens is 2. The van der Waals surface area contributed by atoms with Gasteiger partial charge in [0.15, 0.2) is 0 Å². The molecule has 1 aliphatic heterocycles. The van der Waals surface area contributed by atoms with Gasteiger partial charge in [0.2, 0.25) is 17.7 Å². The Morgan fingerprint density at radius 3 is 2.51 bits per heavy atom. The van der Waals surface area contributed by atoms with Crippen LogP contribution in [-0.4, -0.2) is 59.4 Å². The van der Waals surface area contributed by atoms with Crippen molar-refractivity contribution in [3.05, 3.63) is 39.2 Å². The number of carbonyl (C=O) groups excluding carboxylic acids is 3. The summed E-state index contributed by atoms with van der Waals surface area (Å²) in [5.74, 6) is -2.64. The molecule has 11 heteroatoms. The number of nitrogens with one attached hydrogen (secondary N) is 2. The molecule has 0 radical (unpaired) electrons. The van der Waals surface area contributed by atoms with Crippen LogP contribution in [0, 0.1) is 11.8 Å². The molecule has 1 saturated heterocycles. The van der Waals surface area contributed by atoms with E-state index in [1.807, 2.05) is 17.5 Å². The fourth-order valence-corrected chi connectivity index (χ4v) is 5.97. The van der Waals surface area contributed by atoms with E-state index in [1.165, 1.54) is 17.4 Å². The Balaban J connectivity index is 1.27. The minimum Gasteiger partial charge on any atom is -0.481 e. The van der Waals surface area contributed by atoms with Gasteiger partial charge < -0.3 is 20.6 Å². The fraction of sp³-hybridized carbons (Fsp3) is 0.462. The highest BCUT2D eigenvalue weighted by Crippen LogP contribution is 2.37. The van der Waals surface area contributed by atoms with Crippen molar-refractivity contribution in [2.45, 2.75) is 44.6 Å². The average Bonchev–Trinajstić information content (AvgIpc) is 3.30. The molecule has 0 spiro atoms. The number of hydrogen-bond acceptors (Lipinski definition) is 5. The Morgan fingerprint density at radius 2 is 1.86 bits per heavy atom. The largest absolute Gasteiger partial charge is 0.481 e. The first-order valence-corrected chi connectivity index (χ1v) is 14.0. The molecule has 2 heterocycles. The highest BCUT2D eigenvalue weighted by atomic mass is 35.5. The molecule has 1 unspecified atom stereocenters. The van der Waals surface area contributed by atoms with Crippen molar-refractivity contribution in [2.24, 2.45) is 11.8 Å². The normalized spacial score (nSPS) is 17.5. The fourth-order valence-electron chi connectivity index (χ4n) is 4.53. The molecule has 4 rings (SSSR count). The van der Waals surface area contributed by atoms with E-state index in [0.29, 0.717) is 41.5 Å². The van der Waals surface area contributed by atoms with Gasteiger partial charge in [-0.2, -0.15) is 0 Å². The van der Waals surface area contributed by atoms with Gasteiger partial charge in [0.1, 0.15) is 0 Å². The minimum atomic E-state index is -1.09. The molecule has 198 valence electrons. The molecular weight excluding hydrogens is 537 g/mol. The van der Waals surface area contributed by atoms with E-state index in [2.05, 4.69) is 10.6 Å². The first kappa shape index (κ1) is 27.4. The number of carboxylic acid groups (broad SMARTS) is 1. The maximum Gasteiger partial charge on any atom is 0.304 e. The SMILES string of the molecule is O=C(O)CC(CNC(=O)C1CCC1)C(=O)NC1CCN(C(=O)/C=C/c2cc3ccsc3c(Cl)c2Cl)CC1. The smallest absolute Gasteiger partial charge is 0.304 e. The predicted octanol–water partition coefficient (Wildman–Crippen LogP) is 4.34. The Morgan fingerprint density at radius 1 is 1.14 bits per heavy atom. The highest BCUT2D eigenvalue weighted by Gasteiger charge is 2.30. The van der Waals surface area contributed by atoms with Crippen molar-refractivity contribution in [1.82, 2.24) is 15.5 Å². The number of piperidine rings is 1. The molecule has 2 fully saturated rings. The van der Waals surface area contributed by atoms with Crippen LogP contribution in [-0.2, 0) is 19.2 Å². The van der Waals surface area contributed by atoms with Crippen molar-refractivity contribution in [1.29, 1.82) is 0 Å². The summed E-state index contributed by atoms with van der Waals surface area (Å²) in [7, 11) is 0. The van der Waals surface area contributed by atoms with Gasteiger partial charge in [0.25, 0.3) is 0 Å². The van der Waals surface area contributed by atoms with Crippen LogP contribution in [0.25, 0.3) is 16.2 Å². The lowest BCUT2D eigenvalue weighted by molar-refractivity contribution is -0.142. The Kier molecular flexibility index (Phi) is 9.10. The molecular formula is C26H29Cl2N3O5S. The van der Waals surface area contributed by atoms with E-state index in [9.17, 15) is 24.3 Å². The number of aliphatic carboxylic acids is 1. The molecule has 1 aromatic heterocycles. The maximum absolute atomic E-state index is 12.8. The maximum atomic E-state index is 12.8. The van der Waals surface area contributed by atoms with Crippen LogP contribution >= 0.6 is 34.5 Å². The Labute approximate surface area is 229 Å². The van der Waals surface area contributed by atoms with E-state index in [4.69, 9.17) is 23.2 Å². The quantitative estimate of drug-likeness (QED) is 0.391. The number of hydrogen-bond donors (Lipinski definition) is 3. The molecule has 37 heavy (non-hydrogen) atoms. The molecule has 1 aromatic carbocycles. The summed E-state index contributed by atoms with van der Waals surface area (Å²) in [6, 6.07) is 3.67. The number of likely N-dealkylation sites (tertiary alicyclic amines) is 1. The minimum absolute atomic E-state index is 0.000654. The van der Waals surface area contributed by atoms with Crippen LogP contribution in [0.15, 0.2) is 23.6 Å². The Hall–Kier alpha value is -2.62. The van der Waals surface area contributed by atoms with Gasteiger partial charge in [-0.05, 0) is 60.2 Å². The second kappa shape index (κ2) is 12.3. The van der Waals surface area contributed by atoms with Gasteiger partial charge in [-0.15, -0.1) is 11.3 Å². The Bertz CT molecular complexity index is 1220. The zero-order valence-corrected chi connectivity index (χ0v) is 22.5. The van der Waals surface area contributed by atoms with Gasteiger partial charge in [0.05, 0.1) is 27.1 Å². The van der Waals surface area contributed by atoms with Crippen molar-refractivity contribution >= 4 is 74.4 Å². The van der Waals surface area contributed by atoms with Crippen LogP contribution in [0.1, 0.15) is 44.1 Å². The summed E-state index contributed by atoms with van der Waals surface area (Å²) < 4.78 is 0.908. The average molecular weight is 567 g/mol. The van der Waals surface area contributed by atoms with Crippen LogP contribution in [0.3, 0.4) is 0 Å². The number of thiophene rings is 1. The lowest BCUT2D eigenvalue weighted by atomic mass is 9.84. The number of carboxylic acids is 1. The molecule has 3 N–H and O–H groups in total. The van der Waals surface area contributed by atoms with Gasteiger partial charge in [-0.25, -0.2) is 0 Å². The summed E-state index contributed by atoms with van der Waals surface area (Å²) in [4.78, 5) is 50.6. The summed E-state index contributed by atoms with van der Waals surface area (Å²) in [6.45, 7) is 0.904. The van der Waals surface area contributed by atoms with Crippen molar-refractivity contribution in [3.8, 4) is 0 Å². The van der Waals surface area contributed by atoms with E-state index >= 15 is 0 Å². The lowest BCUT2D eigenvalue weighted by Crippen LogP contribution is -2.49. The first-order chi connectivity index (χ1) is 17.7. The first-order valence-electron chi connectivity index (χ1n) is 12.3. The standard InChI is InChI=1S/C26H29Cl2N3O5S/c27-22-16(12-17-8-11-37-24(17)23(22)28)4-5-20(32)31-9-6-19(7-10-31)30-26(36)18(13-21(33)34)14-29-25(35)15-2-1-3-15/h4-5,8,11-12,15,18-19H,1-3,6-7,9-10,13-14H2,(H,29,35)(H,30,36)(H,33,34)/b5-4+. The van der Waals surface area contributed by atoms with E-state index < -0.39 is 17.8 Å². The zero-order valence-electron chi connectivity index (χ0n) is 20.2. The van der Waals surface area contributed by atoms with Gasteiger partial charge in [-0.3, -0.25) is 19.2 Å². The summed E-state index contributed by atoms with van der Waals surface area (Å²) in [5.41, 5.74) is 0.668. The van der Waals surface area contributed by atoms with Gasteiger partial charge >= 0.3 is 5.97 Å². The molecule has 0 bridgehead atoms. The van der Waals surface area contributed by atoms with Crippen molar-refractivity contribution in [2.75, 3.05) is 19.6 Å². The van der Waals surface area contributed by atoms with E-state index in [1.54, 1.807) is 11.0 Å². The number of carbonyl (C=O) groups is 4. The molecule has 2 aliphatic rings. The summed E-state index contributed by atoms with van der Waals surface area (Å²) in [6.07, 6.45) is 6.55. The second-order valence-electron chi connectivity index (χ2n) is 9.54. The monoisotopic (exact) mass is 565 g/mol. The molecule has 1 atom stereocenters. The van der Waals surface area contributed by atoms with Gasteiger partial charge in [-0.1, -0.05) is 29.6 Å². The number of fused-ring (bicyclic) bond motifs is 1. The third-order valence-electron chi connectivity index (χ3n) is 7.00. The predicted molar refractivity (Wildman–Crippen MR) is 145 cm³/mol. The molecule has 1 aliphatic carbocycles. The van der Waals surface area contributed by atoms with E-state index in [0.717, 1.165) is 29.3 Å². The third kappa shape index (κ3) is 6.83. The number of benzene rings is 1. The number of amides is 3. The zero-order chi connectivity index (χ0) is 26.5. The third-order valence-corrected chi connectivity index (χ3v) is 8.94. The highest BCUT2D eigenvalue weighted by molar-refractivity contribution is 7.18. The van der Waals surface area contributed by atoms with Crippen molar-refractivity contribution in [3.63, 3.8) is 0 Å². The van der Waals surface area contributed by atoms with E-state index in [-0.39, 0.29) is 36.7 Å². The molecule has 8 nitrogen and oxygen atoms in total.